The van der Waals surface area contributed by atoms with Crippen molar-refractivity contribution < 1.29 is 33.3 Å². The lowest BCUT2D eigenvalue weighted by Gasteiger charge is -2.30. The lowest BCUT2D eigenvalue weighted by molar-refractivity contribution is -0.170. The summed E-state index contributed by atoms with van der Waals surface area (Å²) >= 11 is 3.24. The van der Waals surface area contributed by atoms with Crippen molar-refractivity contribution in [2.45, 2.75) is 43.9 Å². The first-order valence-corrected chi connectivity index (χ1v) is 6.80. The van der Waals surface area contributed by atoms with Crippen molar-refractivity contribution in [1.29, 1.82) is 0 Å². The molecule has 0 spiro atoms. The van der Waals surface area contributed by atoms with E-state index in [9.17, 15) is 14.4 Å². The van der Waals surface area contributed by atoms with Gasteiger partial charge in [0.05, 0.1) is 14.2 Å². The van der Waals surface area contributed by atoms with Crippen LogP contribution in [0.4, 0.5) is 0 Å². The zero-order valence-corrected chi connectivity index (χ0v) is 13.5. The second-order valence-electron chi connectivity index (χ2n) is 3.96. The van der Waals surface area contributed by atoms with E-state index in [1.165, 1.54) is 28.1 Å². The van der Waals surface area contributed by atoms with Gasteiger partial charge in [0, 0.05) is 26.7 Å². The highest BCUT2D eigenvalue weighted by Crippen LogP contribution is 2.26. The Labute approximate surface area is 126 Å². The summed E-state index contributed by atoms with van der Waals surface area (Å²) in [5, 5.41) is -0.292. The Bertz CT molecular complexity index is 345. The normalized spacial score (nSPS) is 24.8. The Hall–Kier alpha value is -1.15. The quantitative estimate of drug-likeness (QED) is 0.417. The summed E-state index contributed by atoms with van der Waals surface area (Å²) in [5.74, 6) is -1.05. The molecule has 0 bridgehead atoms. The van der Waals surface area contributed by atoms with Crippen LogP contribution in [-0.2, 0) is 33.3 Å². The highest BCUT2D eigenvalue weighted by Gasteiger charge is 2.34. The second-order valence-corrected chi connectivity index (χ2v) is 4.98. The third kappa shape index (κ3) is 8.11. The summed E-state index contributed by atoms with van der Waals surface area (Å²) < 4.78 is 19.0. The second kappa shape index (κ2) is 9.71. The largest absolute Gasteiger partial charge is 0.469 e. The molecule has 3 unspecified atom stereocenters. The average molecular weight is 355 g/mol. The van der Waals surface area contributed by atoms with Gasteiger partial charge in [-0.1, -0.05) is 15.9 Å². The SMILES string of the molecule is COC(=O)C1CC(OC(C)=O)CC(Br)O1.COC(C)=O. The molecule has 1 heterocycles. The number of halogens is 1. The smallest absolute Gasteiger partial charge is 0.335 e. The van der Waals surface area contributed by atoms with Gasteiger partial charge in [-0.3, -0.25) is 9.59 Å². The lowest BCUT2D eigenvalue weighted by Crippen LogP contribution is -2.40. The first-order valence-electron chi connectivity index (χ1n) is 5.89. The van der Waals surface area contributed by atoms with Crippen molar-refractivity contribution in [2.24, 2.45) is 0 Å². The van der Waals surface area contributed by atoms with E-state index in [0.717, 1.165) is 0 Å². The first kappa shape index (κ1) is 18.9. The van der Waals surface area contributed by atoms with Crippen LogP contribution in [0.2, 0.25) is 0 Å². The molecule has 3 atom stereocenters. The molecular formula is C12H19BrO7. The van der Waals surface area contributed by atoms with E-state index in [4.69, 9.17) is 9.47 Å². The lowest BCUT2D eigenvalue weighted by atomic mass is 10.1. The maximum atomic E-state index is 11.2. The van der Waals surface area contributed by atoms with Crippen molar-refractivity contribution in [2.75, 3.05) is 14.2 Å². The van der Waals surface area contributed by atoms with Gasteiger partial charge in [0.2, 0.25) is 0 Å². The number of ether oxygens (including phenoxy) is 4. The molecule has 7 nitrogen and oxygen atoms in total. The van der Waals surface area contributed by atoms with E-state index in [1.807, 2.05) is 0 Å². The molecule has 0 aliphatic carbocycles. The molecule has 20 heavy (non-hydrogen) atoms. The van der Waals surface area contributed by atoms with Gasteiger partial charge >= 0.3 is 17.9 Å². The zero-order chi connectivity index (χ0) is 15.7. The molecule has 1 aliphatic heterocycles. The molecule has 1 fully saturated rings. The molecule has 8 heteroatoms. The Morgan fingerprint density at radius 2 is 1.60 bits per heavy atom. The van der Waals surface area contributed by atoms with Gasteiger partial charge in [0.25, 0.3) is 0 Å². The monoisotopic (exact) mass is 354 g/mol. The van der Waals surface area contributed by atoms with Crippen LogP contribution in [0, 0.1) is 0 Å². The highest BCUT2D eigenvalue weighted by atomic mass is 79.9. The number of alkyl halides is 1. The Morgan fingerprint density at radius 3 is 2.00 bits per heavy atom. The molecule has 0 aromatic rings. The Kier molecular flexibility index (Phi) is 9.15. The zero-order valence-electron chi connectivity index (χ0n) is 11.9. The summed E-state index contributed by atoms with van der Waals surface area (Å²) in [6.07, 6.45) is -0.0938. The molecule has 0 saturated carbocycles. The van der Waals surface area contributed by atoms with E-state index < -0.39 is 12.1 Å². The minimum Gasteiger partial charge on any atom is -0.469 e. The van der Waals surface area contributed by atoms with Gasteiger partial charge in [0.15, 0.2) is 6.10 Å². The molecular weight excluding hydrogens is 336 g/mol. The van der Waals surface area contributed by atoms with Crippen LogP contribution >= 0.6 is 15.9 Å². The van der Waals surface area contributed by atoms with Crippen LogP contribution in [0.1, 0.15) is 26.7 Å². The van der Waals surface area contributed by atoms with Crippen LogP contribution in [0.5, 0.6) is 0 Å². The van der Waals surface area contributed by atoms with E-state index >= 15 is 0 Å². The molecule has 116 valence electrons. The third-order valence-electron chi connectivity index (χ3n) is 2.32. The summed E-state index contributed by atoms with van der Waals surface area (Å²) in [4.78, 5) is 31.6. The average Bonchev–Trinajstić information content (AvgIpc) is 2.36. The van der Waals surface area contributed by atoms with Crippen molar-refractivity contribution in [1.82, 2.24) is 0 Å². The molecule has 0 aromatic carbocycles. The van der Waals surface area contributed by atoms with E-state index in [-0.39, 0.29) is 23.1 Å². The molecule has 0 amide bonds. The van der Waals surface area contributed by atoms with Gasteiger partial charge in [0.1, 0.15) is 11.1 Å². The van der Waals surface area contributed by atoms with Gasteiger partial charge in [-0.25, -0.2) is 4.79 Å². The standard InChI is InChI=1S/C9H13BrO5.C3H6O2/c1-5(11)14-6-3-7(9(12)13-2)15-8(10)4-6;1-3(4)5-2/h6-8H,3-4H2,1-2H3;1-2H3. The number of esters is 3. The number of hydrogen-bond donors (Lipinski definition) is 0. The molecule has 1 saturated heterocycles. The fourth-order valence-electron chi connectivity index (χ4n) is 1.45. The Morgan fingerprint density at radius 1 is 1.05 bits per heavy atom. The first-order chi connectivity index (χ1) is 9.29. The predicted molar refractivity (Wildman–Crippen MR) is 72.1 cm³/mol. The van der Waals surface area contributed by atoms with Crippen molar-refractivity contribution >= 4 is 33.8 Å². The summed E-state index contributed by atoms with van der Waals surface area (Å²) in [7, 11) is 2.65. The topological polar surface area (TPSA) is 88.1 Å². The number of carbonyl (C=O) groups excluding carboxylic acids is 3. The highest BCUT2D eigenvalue weighted by molar-refractivity contribution is 9.09. The number of hydrogen-bond acceptors (Lipinski definition) is 7. The van der Waals surface area contributed by atoms with Crippen molar-refractivity contribution in [3.8, 4) is 0 Å². The number of rotatable bonds is 2. The van der Waals surface area contributed by atoms with Gasteiger partial charge in [-0.15, -0.1) is 0 Å². The minimum absolute atomic E-state index is 0.245. The molecule has 0 N–H and O–H groups in total. The Balaban J connectivity index is 0.000000621. The van der Waals surface area contributed by atoms with E-state index in [1.54, 1.807) is 0 Å². The number of carbonyl (C=O) groups is 3. The fraction of sp³-hybridized carbons (Fsp3) is 0.750. The summed E-state index contributed by atoms with van der Waals surface area (Å²) in [5.41, 5.74) is 0. The van der Waals surface area contributed by atoms with Gasteiger partial charge in [-0.05, 0) is 0 Å². The summed E-state index contributed by atoms with van der Waals surface area (Å²) in [6.45, 7) is 2.70. The van der Waals surface area contributed by atoms with Crippen LogP contribution in [0.25, 0.3) is 0 Å². The third-order valence-corrected chi connectivity index (χ3v) is 2.91. The van der Waals surface area contributed by atoms with Crippen LogP contribution in [0.15, 0.2) is 0 Å². The van der Waals surface area contributed by atoms with Gasteiger partial charge in [-0.2, -0.15) is 0 Å². The molecule has 0 radical (unpaired) electrons. The van der Waals surface area contributed by atoms with Gasteiger partial charge < -0.3 is 18.9 Å². The minimum atomic E-state index is -0.669. The molecule has 1 aliphatic rings. The number of methoxy groups -OCH3 is 2. The predicted octanol–water partition coefficient (Wildman–Crippen LogP) is 1.17. The fourth-order valence-corrected chi connectivity index (χ4v) is 2.12. The molecule has 1 rings (SSSR count). The maximum Gasteiger partial charge on any atom is 0.335 e. The van der Waals surface area contributed by atoms with Crippen LogP contribution < -0.4 is 0 Å². The molecule has 0 aromatic heterocycles. The maximum absolute atomic E-state index is 11.2. The van der Waals surface area contributed by atoms with Crippen LogP contribution in [0.3, 0.4) is 0 Å². The summed E-state index contributed by atoms with van der Waals surface area (Å²) in [6, 6.07) is 0. The van der Waals surface area contributed by atoms with E-state index in [0.29, 0.717) is 12.8 Å². The van der Waals surface area contributed by atoms with Crippen LogP contribution in [-0.4, -0.2) is 49.3 Å². The van der Waals surface area contributed by atoms with Crippen molar-refractivity contribution in [3.63, 3.8) is 0 Å². The van der Waals surface area contributed by atoms with Crippen molar-refractivity contribution in [3.05, 3.63) is 0 Å². The van der Waals surface area contributed by atoms with E-state index in [2.05, 4.69) is 25.4 Å².